The molecule has 1 atom stereocenters. The minimum atomic E-state index is 0.594. The molecule has 0 radical (unpaired) electrons. The summed E-state index contributed by atoms with van der Waals surface area (Å²) in [6, 6.07) is 0.594. The lowest BCUT2D eigenvalue weighted by Crippen LogP contribution is -2.49. The van der Waals surface area contributed by atoms with Crippen molar-refractivity contribution in [1.82, 2.24) is 10.2 Å². The van der Waals surface area contributed by atoms with Crippen LogP contribution in [-0.2, 0) is 0 Å². The first-order valence-corrected chi connectivity index (χ1v) is 8.63. The first-order chi connectivity index (χ1) is 10.6. The maximum absolute atomic E-state index is 4.50. The van der Waals surface area contributed by atoms with Gasteiger partial charge in [-0.15, -0.1) is 0 Å². The summed E-state index contributed by atoms with van der Waals surface area (Å²) < 4.78 is 0. The topological polar surface area (TPSA) is 27.6 Å². The van der Waals surface area contributed by atoms with E-state index in [1.807, 2.05) is 0 Å². The average molecular weight is 301 g/mol. The van der Waals surface area contributed by atoms with Crippen LogP contribution < -0.4 is 5.32 Å². The van der Waals surface area contributed by atoms with E-state index in [2.05, 4.69) is 55.6 Å². The highest BCUT2D eigenvalue weighted by molar-refractivity contribution is 6.03. The molecule has 0 bridgehead atoms. The number of aliphatic imine (C=N–C) groups is 1. The molecule has 0 aromatic heterocycles. The molecule has 0 aromatic rings. The molecule has 2 aliphatic rings. The van der Waals surface area contributed by atoms with Crippen LogP contribution in [0.3, 0.4) is 0 Å². The largest absolute Gasteiger partial charge is 0.372 e. The molecular formula is C19H31N3. The van der Waals surface area contributed by atoms with Crippen molar-refractivity contribution in [3.05, 3.63) is 35.7 Å². The van der Waals surface area contributed by atoms with Gasteiger partial charge in [0.15, 0.2) is 0 Å². The number of nitrogens with zero attached hydrogens (tertiary/aromatic N) is 2. The van der Waals surface area contributed by atoms with Gasteiger partial charge in [0.05, 0.1) is 0 Å². The molecule has 1 heterocycles. The van der Waals surface area contributed by atoms with E-state index < -0.39 is 0 Å². The monoisotopic (exact) mass is 301 g/mol. The second-order valence-electron chi connectivity index (χ2n) is 6.38. The quantitative estimate of drug-likeness (QED) is 0.595. The predicted molar refractivity (Wildman–Crippen MR) is 96.1 cm³/mol. The van der Waals surface area contributed by atoms with E-state index in [4.69, 9.17) is 0 Å². The highest BCUT2D eigenvalue weighted by Gasteiger charge is 2.31. The summed E-state index contributed by atoms with van der Waals surface area (Å²) >= 11 is 0. The highest BCUT2D eigenvalue weighted by Crippen LogP contribution is 2.41. The van der Waals surface area contributed by atoms with Crippen molar-refractivity contribution in [3.63, 3.8) is 0 Å². The van der Waals surface area contributed by atoms with E-state index in [-0.39, 0.29) is 0 Å². The van der Waals surface area contributed by atoms with Crippen LogP contribution in [0.1, 0.15) is 47.0 Å². The van der Waals surface area contributed by atoms with E-state index in [0.29, 0.717) is 6.04 Å². The van der Waals surface area contributed by atoms with Crippen LogP contribution in [0.25, 0.3) is 0 Å². The normalized spacial score (nSPS) is 25.1. The third kappa shape index (κ3) is 3.89. The molecule has 1 unspecified atom stereocenters. The van der Waals surface area contributed by atoms with Gasteiger partial charge in [-0.3, -0.25) is 4.99 Å². The van der Waals surface area contributed by atoms with E-state index in [1.54, 1.807) is 6.20 Å². The Kier molecular flexibility index (Phi) is 6.01. The summed E-state index contributed by atoms with van der Waals surface area (Å²) in [5.74, 6) is 0.731. The Morgan fingerprint density at radius 1 is 1.36 bits per heavy atom. The summed E-state index contributed by atoms with van der Waals surface area (Å²) in [6.45, 7) is 15.8. The zero-order valence-corrected chi connectivity index (χ0v) is 14.7. The number of allylic oxidation sites excluding steroid dienone is 4. The van der Waals surface area contributed by atoms with Crippen molar-refractivity contribution >= 4 is 5.71 Å². The Bertz CT molecular complexity index is 495. The standard InChI is InChI=1S/C19H31N3/c1-6-17-13-22(12-11-21-17)15(5)19(14(4)20-8-3)18(7-2)16-9-10-16/h7-8,16-17,21H,3,6,9-13H2,1-2,4-5H3/b18-7-,19-15-,20-14-. The van der Waals surface area contributed by atoms with E-state index in [9.17, 15) is 0 Å². The summed E-state index contributed by atoms with van der Waals surface area (Å²) in [4.78, 5) is 7.03. The van der Waals surface area contributed by atoms with Crippen molar-refractivity contribution in [1.29, 1.82) is 0 Å². The maximum atomic E-state index is 4.50. The smallest absolute Gasteiger partial charge is 0.0464 e. The van der Waals surface area contributed by atoms with Crippen LogP contribution in [-0.4, -0.2) is 36.3 Å². The van der Waals surface area contributed by atoms with Gasteiger partial charge in [0.2, 0.25) is 0 Å². The molecular weight excluding hydrogens is 270 g/mol. The molecule has 3 nitrogen and oxygen atoms in total. The molecule has 0 aromatic carbocycles. The summed E-state index contributed by atoms with van der Waals surface area (Å²) in [5, 5.41) is 3.60. The number of rotatable bonds is 6. The van der Waals surface area contributed by atoms with Crippen LogP contribution in [0.2, 0.25) is 0 Å². The molecule has 1 saturated carbocycles. The SMILES string of the molecule is C=C\N=C(C)/C(C(=C\C)/C1CC1)=C(\C)N1CCNC(CC)C1. The van der Waals surface area contributed by atoms with Crippen LogP contribution >= 0.6 is 0 Å². The second-order valence-corrected chi connectivity index (χ2v) is 6.38. The first kappa shape index (κ1) is 17.0. The van der Waals surface area contributed by atoms with Gasteiger partial charge >= 0.3 is 0 Å². The maximum Gasteiger partial charge on any atom is 0.0464 e. The zero-order chi connectivity index (χ0) is 16.1. The molecule has 3 heteroatoms. The molecule has 1 saturated heterocycles. The van der Waals surface area contributed by atoms with Gasteiger partial charge < -0.3 is 10.2 Å². The summed E-state index contributed by atoms with van der Waals surface area (Å²) in [6.07, 6.45) is 7.76. The van der Waals surface area contributed by atoms with Crippen LogP contribution in [0.15, 0.2) is 40.7 Å². The Morgan fingerprint density at radius 3 is 2.64 bits per heavy atom. The third-order valence-electron chi connectivity index (χ3n) is 4.85. The van der Waals surface area contributed by atoms with E-state index in [1.165, 1.54) is 36.1 Å². The Hall–Kier alpha value is -1.35. The first-order valence-electron chi connectivity index (χ1n) is 8.63. The Morgan fingerprint density at radius 2 is 2.09 bits per heavy atom. The summed E-state index contributed by atoms with van der Waals surface area (Å²) in [5.41, 5.74) is 5.30. The molecule has 1 N–H and O–H groups in total. The minimum Gasteiger partial charge on any atom is -0.372 e. The fourth-order valence-electron chi connectivity index (χ4n) is 3.42. The Balaban J connectivity index is 2.36. The lowest BCUT2D eigenvalue weighted by Gasteiger charge is -2.37. The van der Waals surface area contributed by atoms with Crippen molar-refractivity contribution in [2.75, 3.05) is 19.6 Å². The highest BCUT2D eigenvalue weighted by atomic mass is 15.2. The van der Waals surface area contributed by atoms with Gasteiger partial charge in [0.25, 0.3) is 0 Å². The molecule has 0 spiro atoms. The number of piperazine rings is 1. The van der Waals surface area contributed by atoms with Crippen LogP contribution in [0.5, 0.6) is 0 Å². The fourth-order valence-corrected chi connectivity index (χ4v) is 3.42. The fraction of sp³-hybridized carbons (Fsp3) is 0.632. The zero-order valence-electron chi connectivity index (χ0n) is 14.7. The van der Waals surface area contributed by atoms with Crippen molar-refractivity contribution in [2.45, 2.75) is 53.0 Å². The second kappa shape index (κ2) is 7.77. The molecule has 0 amide bonds. The number of hydrogen-bond acceptors (Lipinski definition) is 3. The summed E-state index contributed by atoms with van der Waals surface area (Å²) in [7, 11) is 0. The van der Waals surface area contributed by atoms with E-state index >= 15 is 0 Å². The minimum absolute atomic E-state index is 0.594. The molecule has 1 aliphatic carbocycles. The van der Waals surface area contributed by atoms with Crippen molar-refractivity contribution in [2.24, 2.45) is 10.9 Å². The van der Waals surface area contributed by atoms with Gasteiger partial charge in [0.1, 0.15) is 0 Å². The molecule has 2 fully saturated rings. The van der Waals surface area contributed by atoms with Gasteiger partial charge in [-0.25, -0.2) is 0 Å². The predicted octanol–water partition coefficient (Wildman–Crippen LogP) is 3.90. The number of hydrogen-bond donors (Lipinski definition) is 1. The number of nitrogens with one attached hydrogen (secondary N) is 1. The molecule has 22 heavy (non-hydrogen) atoms. The van der Waals surface area contributed by atoms with Gasteiger partial charge in [0, 0.05) is 48.9 Å². The molecule has 122 valence electrons. The van der Waals surface area contributed by atoms with E-state index in [0.717, 1.165) is 31.3 Å². The lowest BCUT2D eigenvalue weighted by molar-refractivity contribution is 0.242. The van der Waals surface area contributed by atoms with Crippen LogP contribution in [0.4, 0.5) is 0 Å². The third-order valence-corrected chi connectivity index (χ3v) is 4.85. The van der Waals surface area contributed by atoms with Crippen molar-refractivity contribution < 1.29 is 0 Å². The van der Waals surface area contributed by atoms with Crippen molar-refractivity contribution in [3.8, 4) is 0 Å². The van der Waals surface area contributed by atoms with Crippen LogP contribution in [0, 0.1) is 5.92 Å². The Labute approximate surface area is 135 Å². The van der Waals surface area contributed by atoms with Gasteiger partial charge in [-0.1, -0.05) is 19.6 Å². The lowest BCUT2D eigenvalue weighted by atomic mass is 9.94. The molecule has 1 aliphatic heterocycles. The average Bonchev–Trinajstić information content (AvgIpc) is 3.36. The van der Waals surface area contributed by atoms with Gasteiger partial charge in [-0.2, -0.15) is 0 Å². The molecule has 2 rings (SSSR count). The van der Waals surface area contributed by atoms with Gasteiger partial charge in [-0.05, 0) is 51.5 Å².